The molecule has 2 aromatic heterocycles. The Kier molecular flexibility index (Phi) is 3.11. The van der Waals surface area contributed by atoms with Crippen LogP contribution in [-0.2, 0) is 6.54 Å². The van der Waals surface area contributed by atoms with E-state index >= 15 is 0 Å². The third-order valence-corrected chi connectivity index (χ3v) is 4.40. The van der Waals surface area contributed by atoms with Crippen molar-refractivity contribution in [1.82, 2.24) is 14.7 Å². The Balaban J connectivity index is 1.70. The van der Waals surface area contributed by atoms with Gasteiger partial charge in [0.15, 0.2) is 5.82 Å². The Morgan fingerprint density at radius 1 is 1.15 bits per heavy atom. The van der Waals surface area contributed by atoms with Crippen LogP contribution in [0.5, 0.6) is 0 Å². The summed E-state index contributed by atoms with van der Waals surface area (Å²) >= 11 is 0. The van der Waals surface area contributed by atoms with E-state index in [2.05, 4.69) is 39.0 Å². The van der Waals surface area contributed by atoms with Gasteiger partial charge in [-0.15, -0.1) is 0 Å². The van der Waals surface area contributed by atoms with Crippen LogP contribution in [-0.4, -0.2) is 28.5 Å². The molecule has 0 unspecified atom stereocenters. The van der Waals surface area contributed by atoms with E-state index in [9.17, 15) is 0 Å². The lowest BCUT2D eigenvalue weighted by Crippen LogP contribution is -2.31. The van der Waals surface area contributed by atoms with Gasteiger partial charge in [0.25, 0.3) is 0 Å². The minimum atomic E-state index is 0.735. The van der Waals surface area contributed by atoms with Crippen LogP contribution < -0.4 is 10.2 Å². The zero-order valence-corrected chi connectivity index (χ0v) is 11.9. The molecule has 0 atom stereocenters. The van der Waals surface area contributed by atoms with Gasteiger partial charge in [0.1, 0.15) is 5.65 Å². The maximum Gasteiger partial charge on any atom is 0.152 e. The monoisotopic (exact) mass is 270 g/mol. The van der Waals surface area contributed by atoms with E-state index in [1.165, 1.54) is 43.6 Å². The maximum absolute atomic E-state index is 4.88. The predicted octanol–water partition coefficient (Wildman–Crippen LogP) is 2.58. The summed E-state index contributed by atoms with van der Waals surface area (Å²) in [5.41, 5.74) is 2.40. The summed E-state index contributed by atoms with van der Waals surface area (Å²) in [6.45, 7) is 3.24. The Morgan fingerprint density at radius 2 is 2.00 bits per heavy atom. The highest BCUT2D eigenvalue weighted by Gasteiger charge is 2.24. The summed E-state index contributed by atoms with van der Waals surface area (Å²) in [7, 11) is 0. The molecule has 1 saturated heterocycles. The van der Waals surface area contributed by atoms with Gasteiger partial charge in [-0.3, -0.25) is 0 Å². The summed E-state index contributed by atoms with van der Waals surface area (Å²) in [6.07, 6.45) is 8.75. The van der Waals surface area contributed by atoms with E-state index in [0.29, 0.717) is 0 Å². The van der Waals surface area contributed by atoms with Gasteiger partial charge in [-0.25, -0.2) is 4.98 Å². The first kappa shape index (κ1) is 12.2. The van der Waals surface area contributed by atoms with Gasteiger partial charge in [-0.2, -0.15) is 0 Å². The molecule has 106 valence electrons. The van der Waals surface area contributed by atoms with E-state index < -0.39 is 0 Å². The highest BCUT2D eigenvalue weighted by atomic mass is 15.2. The lowest BCUT2D eigenvalue weighted by molar-refractivity contribution is 0.569. The van der Waals surface area contributed by atoms with E-state index in [4.69, 9.17) is 4.98 Å². The normalized spacial score (nSPS) is 19.7. The topological polar surface area (TPSA) is 32.6 Å². The Hall–Kier alpha value is -1.55. The number of nitrogens with zero attached hydrogens (tertiary/aromatic N) is 3. The first-order valence-electron chi connectivity index (χ1n) is 7.86. The van der Waals surface area contributed by atoms with Crippen LogP contribution in [0.2, 0.25) is 0 Å². The van der Waals surface area contributed by atoms with Crippen molar-refractivity contribution in [1.29, 1.82) is 0 Å². The molecule has 1 saturated carbocycles. The van der Waals surface area contributed by atoms with Crippen LogP contribution in [0, 0.1) is 0 Å². The molecule has 4 rings (SSSR count). The quantitative estimate of drug-likeness (QED) is 0.927. The molecule has 2 aromatic rings. The molecule has 20 heavy (non-hydrogen) atoms. The van der Waals surface area contributed by atoms with E-state index in [1.807, 2.05) is 0 Å². The van der Waals surface area contributed by atoms with Crippen molar-refractivity contribution in [3.8, 4) is 0 Å². The van der Waals surface area contributed by atoms with Crippen molar-refractivity contribution in [3.05, 3.63) is 30.1 Å². The van der Waals surface area contributed by atoms with Gasteiger partial charge in [0.05, 0.1) is 5.69 Å². The smallest absolute Gasteiger partial charge is 0.152 e. The Labute approximate surface area is 119 Å². The maximum atomic E-state index is 4.88. The summed E-state index contributed by atoms with van der Waals surface area (Å²) < 4.78 is 2.25. The molecule has 4 heteroatoms. The highest BCUT2D eigenvalue weighted by molar-refractivity contribution is 5.56. The molecule has 1 aliphatic heterocycles. The molecule has 0 spiro atoms. The minimum absolute atomic E-state index is 0.735. The van der Waals surface area contributed by atoms with Crippen molar-refractivity contribution < 1.29 is 0 Å². The van der Waals surface area contributed by atoms with Gasteiger partial charge < -0.3 is 14.6 Å². The summed E-state index contributed by atoms with van der Waals surface area (Å²) in [5.74, 6) is 1.20. The zero-order chi connectivity index (χ0) is 13.4. The second-order valence-corrected chi connectivity index (χ2v) is 6.01. The number of nitrogens with one attached hydrogen (secondary N) is 1. The Bertz CT molecular complexity index is 594. The lowest BCUT2D eigenvalue weighted by Gasteiger charge is -2.27. The molecule has 4 nitrogen and oxygen atoms in total. The van der Waals surface area contributed by atoms with Crippen LogP contribution >= 0.6 is 0 Å². The summed E-state index contributed by atoms with van der Waals surface area (Å²) in [5, 5.41) is 3.64. The summed E-state index contributed by atoms with van der Waals surface area (Å²) in [6, 6.07) is 7.00. The number of piperidine rings is 1. The number of hydrogen-bond acceptors (Lipinski definition) is 3. The molecule has 2 fully saturated rings. The highest BCUT2D eigenvalue weighted by Crippen LogP contribution is 2.26. The van der Waals surface area contributed by atoms with Crippen LogP contribution in [0.3, 0.4) is 0 Å². The van der Waals surface area contributed by atoms with Crippen molar-refractivity contribution in [3.63, 3.8) is 0 Å². The number of anilines is 1. The standard InChI is InChI=1S/C16H22N4/c1-3-9-19(10-4-1)16-14(12-17-13-7-8-13)20-11-5-2-6-15(20)18-16/h2,5-6,11,13,17H,1,3-4,7-10,12H2. The van der Waals surface area contributed by atoms with E-state index in [-0.39, 0.29) is 0 Å². The number of aromatic nitrogens is 2. The predicted molar refractivity (Wildman–Crippen MR) is 81.1 cm³/mol. The second kappa shape index (κ2) is 5.09. The fourth-order valence-electron chi connectivity index (χ4n) is 3.09. The fraction of sp³-hybridized carbons (Fsp3) is 0.562. The summed E-state index contributed by atoms with van der Waals surface area (Å²) in [4.78, 5) is 7.36. The average molecular weight is 270 g/mol. The van der Waals surface area contributed by atoms with Gasteiger partial charge in [0, 0.05) is 31.9 Å². The number of pyridine rings is 1. The van der Waals surface area contributed by atoms with Crippen molar-refractivity contribution >= 4 is 11.5 Å². The van der Waals surface area contributed by atoms with Crippen LogP contribution in [0.4, 0.5) is 5.82 Å². The molecule has 0 radical (unpaired) electrons. The number of rotatable bonds is 4. The van der Waals surface area contributed by atoms with Crippen molar-refractivity contribution in [2.75, 3.05) is 18.0 Å². The molecular weight excluding hydrogens is 248 g/mol. The average Bonchev–Trinajstić information content (AvgIpc) is 3.26. The SMILES string of the molecule is c1ccn2c(CNC3CC3)c(N3CCCCC3)nc2c1. The first-order valence-corrected chi connectivity index (χ1v) is 7.86. The molecule has 1 aliphatic carbocycles. The molecule has 2 aliphatic rings. The zero-order valence-electron chi connectivity index (χ0n) is 11.9. The van der Waals surface area contributed by atoms with Gasteiger partial charge in [-0.1, -0.05) is 6.07 Å². The second-order valence-electron chi connectivity index (χ2n) is 6.01. The molecule has 0 bridgehead atoms. The number of fused-ring (bicyclic) bond motifs is 1. The largest absolute Gasteiger partial charge is 0.355 e. The van der Waals surface area contributed by atoms with Gasteiger partial charge >= 0.3 is 0 Å². The molecular formula is C16H22N4. The number of imidazole rings is 1. The lowest BCUT2D eigenvalue weighted by atomic mass is 10.1. The van der Waals surface area contributed by atoms with Gasteiger partial charge in [0.2, 0.25) is 0 Å². The fourth-order valence-corrected chi connectivity index (χ4v) is 3.09. The van der Waals surface area contributed by atoms with Crippen molar-refractivity contribution in [2.45, 2.75) is 44.7 Å². The molecule has 1 N–H and O–H groups in total. The third kappa shape index (κ3) is 2.29. The molecule has 3 heterocycles. The Morgan fingerprint density at radius 3 is 2.80 bits per heavy atom. The van der Waals surface area contributed by atoms with Gasteiger partial charge in [-0.05, 0) is 44.2 Å². The van der Waals surface area contributed by atoms with E-state index in [0.717, 1.165) is 31.3 Å². The molecule has 0 amide bonds. The van der Waals surface area contributed by atoms with Crippen molar-refractivity contribution in [2.24, 2.45) is 0 Å². The first-order chi connectivity index (χ1) is 9.92. The number of hydrogen-bond donors (Lipinski definition) is 1. The van der Waals surface area contributed by atoms with Crippen LogP contribution in [0.1, 0.15) is 37.8 Å². The van der Waals surface area contributed by atoms with Crippen LogP contribution in [0.15, 0.2) is 24.4 Å². The van der Waals surface area contributed by atoms with Crippen LogP contribution in [0.25, 0.3) is 5.65 Å². The molecule has 0 aromatic carbocycles. The minimum Gasteiger partial charge on any atom is -0.355 e. The third-order valence-electron chi connectivity index (χ3n) is 4.40. The van der Waals surface area contributed by atoms with E-state index in [1.54, 1.807) is 0 Å².